The highest BCUT2D eigenvalue weighted by Gasteiger charge is 2.21. The van der Waals surface area contributed by atoms with Gasteiger partial charge in [0.05, 0.1) is 15.8 Å². The number of hydrogen-bond donors (Lipinski definition) is 1. The van der Waals surface area contributed by atoms with E-state index in [4.69, 9.17) is 4.74 Å². The van der Waals surface area contributed by atoms with Crippen molar-refractivity contribution in [2.45, 2.75) is 37.2 Å². The van der Waals surface area contributed by atoms with Crippen LogP contribution in [0.1, 0.15) is 39.5 Å². The van der Waals surface area contributed by atoms with Crippen LogP contribution in [0.3, 0.4) is 0 Å². The number of hydrogen-bond acceptors (Lipinski definition) is 7. The van der Waals surface area contributed by atoms with Crippen LogP contribution >= 0.6 is 11.3 Å². The minimum absolute atomic E-state index is 0.0853. The number of esters is 1. The lowest BCUT2D eigenvalue weighted by Crippen LogP contribution is -2.22. The van der Waals surface area contributed by atoms with E-state index in [1.54, 1.807) is 0 Å². The van der Waals surface area contributed by atoms with E-state index in [9.17, 15) is 18.0 Å². The minimum atomic E-state index is -3.57. The maximum absolute atomic E-state index is 12.5. The van der Waals surface area contributed by atoms with Gasteiger partial charge in [-0.1, -0.05) is 0 Å². The smallest absolute Gasteiger partial charge is 0.338 e. The van der Waals surface area contributed by atoms with Gasteiger partial charge in [-0.05, 0) is 55.5 Å². The third-order valence-electron chi connectivity index (χ3n) is 5.08. The Morgan fingerprint density at radius 1 is 1.20 bits per heavy atom. The van der Waals surface area contributed by atoms with Gasteiger partial charge in [0.25, 0.3) is 5.56 Å². The summed E-state index contributed by atoms with van der Waals surface area (Å²) in [6.45, 7) is -0.176. The number of carbonyl (C=O) groups excluding carboxylic acids is 1. The standard InChI is InChI=1S/C20H21N3O5S2/c1-23(2)30(26,27)13-9-7-12(8-10-13)20(25)28-11-16-21-18(24)17-14-5-3-4-6-15(14)29-19(17)22-16/h7-10H,3-6,11H2,1-2H3,(H,21,22,24). The lowest BCUT2D eigenvalue weighted by molar-refractivity contribution is 0.0462. The third kappa shape index (κ3) is 3.78. The van der Waals surface area contributed by atoms with E-state index < -0.39 is 16.0 Å². The SMILES string of the molecule is CN(C)S(=O)(=O)c1ccc(C(=O)OCc2nc3sc4c(c3c(=O)[nH]2)CCCC4)cc1. The fourth-order valence-electron chi connectivity index (χ4n) is 3.47. The Bertz CT molecular complexity index is 1270. The van der Waals surface area contributed by atoms with Crippen LogP contribution in [0.15, 0.2) is 34.0 Å². The Morgan fingerprint density at radius 2 is 1.90 bits per heavy atom. The number of nitrogens with one attached hydrogen (secondary N) is 1. The number of rotatable bonds is 5. The normalized spacial score (nSPS) is 14.1. The van der Waals surface area contributed by atoms with Gasteiger partial charge in [0.2, 0.25) is 10.0 Å². The van der Waals surface area contributed by atoms with Crippen LogP contribution in [0.2, 0.25) is 0 Å². The number of H-pyrrole nitrogens is 1. The molecule has 0 bridgehead atoms. The Kier molecular flexibility index (Phi) is 5.48. The largest absolute Gasteiger partial charge is 0.454 e. The Hall–Kier alpha value is -2.56. The second-order valence-electron chi connectivity index (χ2n) is 7.29. The predicted octanol–water partition coefficient (Wildman–Crippen LogP) is 2.47. The number of aryl methyl sites for hydroxylation is 2. The molecule has 4 rings (SSSR count). The summed E-state index contributed by atoms with van der Waals surface area (Å²) < 4.78 is 30.6. The highest BCUT2D eigenvalue weighted by atomic mass is 32.2. The first-order chi connectivity index (χ1) is 14.3. The van der Waals surface area contributed by atoms with Gasteiger partial charge in [-0.25, -0.2) is 22.5 Å². The number of aromatic amines is 1. The topological polar surface area (TPSA) is 109 Å². The van der Waals surface area contributed by atoms with Crippen molar-refractivity contribution in [2.75, 3.05) is 14.1 Å². The molecule has 0 unspecified atom stereocenters. The number of aromatic nitrogens is 2. The van der Waals surface area contributed by atoms with Gasteiger partial charge in [0.15, 0.2) is 0 Å². The van der Waals surface area contributed by atoms with Crippen molar-refractivity contribution in [3.05, 3.63) is 56.4 Å². The molecule has 158 valence electrons. The van der Waals surface area contributed by atoms with Gasteiger partial charge in [-0.3, -0.25) is 4.79 Å². The van der Waals surface area contributed by atoms with E-state index in [2.05, 4.69) is 9.97 Å². The first-order valence-electron chi connectivity index (χ1n) is 9.50. The molecule has 0 radical (unpaired) electrons. The van der Waals surface area contributed by atoms with E-state index in [1.165, 1.54) is 54.6 Å². The van der Waals surface area contributed by atoms with Gasteiger partial charge >= 0.3 is 5.97 Å². The van der Waals surface area contributed by atoms with Crippen molar-refractivity contribution >= 4 is 37.5 Å². The predicted molar refractivity (Wildman–Crippen MR) is 113 cm³/mol. The molecule has 1 N–H and O–H groups in total. The first-order valence-corrected chi connectivity index (χ1v) is 11.8. The van der Waals surface area contributed by atoms with Crippen LogP contribution in [-0.2, 0) is 34.2 Å². The van der Waals surface area contributed by atoms with Gasteiger partial charge in [-0.2, -0.15) is 0 Å². The molecule has 0 atom stereocenters. The molecule has 3 aromatic rings. The second-order valence-corrected chi connectivity index (χ2v) is 10.5. The van der Waals surface area contributed by atoms with Crippen LogP contribution in [0.5, 0.6) is 0 Å². The maximum atomic E-state index is 12.5. The minimum Gasteiger partial charge on any atom is -0.454 e. The molecule has 0 aliphatic heterocycles. The number of fused-ring (bicyclic) bond motifs is 3. The molecule has 0 saturated carbocycles. The van der Waals surface area contributed by atoms with E-state index in [-0.39, 0.29) is 28.4 Å². The van der Waals surface area contributed by atoms with E-state index in [1.807, 2.05) is 0 Å². The molecule has 1 aromatic carbocycles. The van der Waals surface area contributed by atoms with Gasteiger partial charge in [0, 0.05) is 19.0 Å². The van der Waals surface area contributed by atoms with Gasteiger partial charge in [-0.15, -0.1) is 11.3 Å². The third-order valence-corrected chi connectivity index (χ3v) is 8.10. The number of nitrogens with zero attached hydrogens (tertiary/aromatic N) is 2. The summed E-state index contributed by atoms with van der Waals surface area (Å²) >= 11 is 1.53. The lowest BCUT2D eigenvalue weighted by Gasteiger charge is -2.11. The Balaban J connectivity index is 1.50. The van der Waals surface area contributed by atoms with Crippen LogP contribution < -0.4 is 5.56 Å². The fraction of sp³-hybridized carbons (Fsp3) is 0.350. The average Bonchev–Trinajstić information content (AvgIpc) is 3.11. The molecule has 2 aromatic heterocycles. The molecule has 0 saturated heterocycles. The zero-order chi connectivity index (χ0) is 21.5. The number of ether oxygens (including phenoxy) is 1. The summed E-state index contributed by atoms with van der Waals surface area (Å²) in [4.78, 5) is 34.0. The summed E-state index contributed by atoms with van der Waals surface area (Å²) in [6, 6.07) is 5.50. The van der Waals surface area contributed by atoms with Crippen molar-refractivity contribution in [3.8, 4) is 0 Å². The summed E-state index contributed by atoms with van der Waals surface area (Å²) in [5.74, 6) is -0.344. The molecule has 10 heteroatoms. The number of thiophene rings is 1. The van der Waals surface area contributed by atoms with Gasteiger partial charge < -0.3 is 9.72 Å². The maximum Gasteiger partial charge on any atom is 0.338 e. The van der Waals surface area contributed by atoms with Crippen LogP contribution in [-0.4, -0.2) is 42.8 Å². The molecular formula is C20H21N3O5S2. The fourth-order valence-corrected chi connectivity index (χ4v) is 5.65. The van der Waals surface area contributed by atoms with Crippen molar-refractivity contribution in [3.63, 3.8) is 0 Å². The molecule has 1 aliphatic carbocycles. The molecule has 30 heavy (non-hydrogen) atoms. The van der Waals surface area contributed by atoms with Crippen LogP contribution in [0.25, 0.3) is 10.2 Å². The van der Waals surface area contributed by atoms with Gasteiger partial charge in [0.1, 0.15) is 17.3 Å². The molecule has 2 heterocycles. The molecule has 0 amide bonds. The molecule has 8 nitrogen and oxygen atoms in total. The summed E-state index contributed by atoms with van der Waals surface area (Å²) in [7, 11) is -0.696. The summed E-state index contributed by atoms with van der Waals surface area (Å²) in [5.41, 5.74) is 1.11. The van der Waals surface area contributed by atoms with Crippen molar-refractivity contribution < 1.29 is 17.9 Å². The summed E-state index contributed by atoms with van der Waals surface area (Å²) in [6.07, 6.45) is 4.07. The molecule has 0 fully saturated rings. The van der Waals surface area contributed by atoms with Crippen molar-refractivity contribution in [1.29, 1.82) is 0 Å². The first kappa shape index (κ1) is 20.7. The molecular weight excluding hydrogens is 426 g/mol. The van der Waals surface area contributed by atoms with E-state index in [0.29, 0.717) is 10.2 Å². The average molecular weight is 448 g/mol. The lowest BCUT2D eigenvalue weighted by atomic mass is 9.97. The quantitative estimate of drug-likeness (QED) is 0.602. The summed E-state index contributed by atoms with van der Waals surface area (Å²) in [5, 5.41) is 0.655. The number of benzene rings is 1. The van der Waals surface area contributed by atoms with Crippen molar-refractivity contribution in [2.24, 2.45) is 0 Å². The Morgan fingerprint density at radius 3 is 2.60 bits per heavy atom. The highest BCUT2D eigenvalue weighted by Crippen LogP contribution is 2.33. The monoisotopic (exact) mass is 447 g/mol. The number of carbonyl (C=O) groups is 1. The van der Waals surface area contributed by atoms with Crippen LogP contribution in [0.4, 0.5) is 0 Å². The van der Waals surface area contributed by atoms with Crippen LogP contribution in [0, 0.1) is 0 Å². The van der Waals surface area contributed by atoms with E-state index >= 15 is 0 Å². The number of sulfonamides is 1. The zero-order valence-electron chi connectivity index (χ0n) is 16.6. The zero-order valence-corrected chi connectivity index (χ0v) is 18.2. The molecule has 1 aliphatic rings. The van der Waals surface area contributed by atoms with E-state index in [0.717, 1.165) is 35.6 Å². The highest BCUT2D eigenvalue weighted by molar-refractivity contribution is 7.89. The molecule has 0 spiro atoms. The second kappa shape index (κ2) is 7.93. The Labute approximate surface area is 177 Å². The van der Waals surface area contributed by atoms with Crippen molar-refractivity contribution in [1.82, 2.24) is 14.3 Å².